The number of nitrogens with zero attached hydrogens (tertiary/aromatic N) is 2. The third-order valence-corrected chi connectivity index (χ3v) is 3.44. The molecule has 0 aliphatic carbocycles. The lowest BCUT2D eigenvalue weighted by Gasteiger charge is -2.12. The molecule has 0 amide bonds. The van der Waals surface area contributed by atoms with Gasteiger partial charge in [-0.15, -0.1) is 0 Å². The maximum atomic E-state index is 13.8. The van der Waals surface area contributed by atoms with Gasteiger partial charge in [0.2, 0.25) is 0 Å². The molecule has 1 aliphatic heterocycles. The van der Waals surface area contributed by atoms with E-state index in [1.165, 1.54) is 12.5 Å². The third-order valence-electron chi connectivity index (χ3n) is 3.44. The molecule has 1 saturated heterocycles. The number of rotatable bonds is 4. The summed E-state index contributed by atoms with van der Waals surface area (Å²) < 4.78 is 13.8. The van der Waals surface area contributed by atoms with Crippen molar-refractivity contribution in [1.29, 1.82) is 5.26 Å². The maximum absolute atomic E-state index is 13.8. The average molecular weight is 247 g/mol. The first-order valence-electron chi connectivity index (χ1n) is 6.27. The van der Waals surface area contributed by atoms with Crippen LogP contribution in [0, 0.1) is 23.1 Å². The van der Waals surface area contributed by atoms with E-state index in [1.54, 1.807) is 12.1 Å². The molecule has 1 N–H and O–H groups in total. The van der Waals surface area contributed by atoms with Crippen molar-refractivity contribution in [3.8, 4) is 6.07 Å². The van der Waals surface area contributed by atoms with E-state index in [9.17, 15) is 4.39 Å². The minimum Gasteiger partial charge on any atom is -0.312 e. The molecule has 1 aliphatic rings. The number of likely N-dealkylation sites (tertiary alicyclic amines) is 1. The first-order chi connectivity index (χ1) is 8.70. The quantitative estimate of drug-likeness (QED) is 0.881. The van der Waals surface area contributed by atoms with Gasteiger partial charge >= 0.3 is 0 Å². The van der Waals surface area contributed by atoms with Crippen LogP contribution in [0.25, 0.3) is 0 Å². The van der Waals surface area contributed by atoms with Crippen LogP contribution in [0.15, 0.2) is 18.2 Å². The molecule has 0 bridgehead atoms. The summed E-state index contributed by atoms with van der Waals surface area (Å²) in [6.07, 6.45) is 1.20. The van der Waals surface area contributed by atoms with Crippen molar-refractivity contribution in [2.45, 2.75) is 13.0 Å². The molecule has 1 aromatic carbocycles. The summed E-state index contributed by atoms with van der Waals surface area (Å²) in [4.78, 5) is 2.31. The second-order valence-electron chi connectivity index (χ2n) is 4.94. The molecule has 1 aromatic rings. The van der Waals surface area contributed by atoms with Gasteiger partial charge in [0, 0.05) is 18.7 Å². The molecule has 1 unspecified atom stereocenters. The summed E-state index contributed by atoms with van der Waals surface area (Å²) in [5.41, 5.74) is 0.690. The Bertz CT molecular complexity index is 453. The highest BCUT2D eigenvalue weighted by Gasteiger charge is 2.18. The van der Waals surface area contributed by atoms with Crippen LogP contribution in [0.3, 0.4) is 0 Å². The monoisotopic (exact) mass is 247 g/mol. The van der Waals surface area contributed by atoms with E-state index in [0.717, 1.165) is 19.6 Å². The van der Waals surface area contributed by atoms with E-state index < -0.39 is 5.82 Å². The van der Waals surface area contributed by atoms with Gasteiger partial charge in [-0.1, -0.05) is 12.1 Å². The molecule has 0 radical (unpaired) electrons. The van der Waals surface area contributed by atoms with Crippen LogP contribution in [-0.4, -0.2) is 31.6 Å². The van der Waals surface area contributed by atoms with Crippen LogP contribution in [0.2, 0.25) is 0 Å². The van der Waals surface area contributed by atoms with E-state index in [4.69, 9.17) is 5.26 Å². The zero-order valence-electron chi connectivity index (χ0n) is 10.6. The standard InChI is InChI=1S/C14H18FN3/c1-18-6-5-11(10-18)8-17-9-13-4-2-3-12(7-16)14(13)15/h2-4,11,17H,5-6,8-10H2,1H3. The lowest BCUT2D eigenvalue weighted by atomic mass is 10.1. The van der Waals surface area contributed by atoms with Gasteiger partial charge in [-0.05, 0) is 38.5 Å². The molecule has 1 heterocycles. The van der Waals surface area contributed by atoms with Crippen LogP contribution in [0.1, 0.15) is 17.5 Å². The average Bonchev–Trinajstić information content (AvgIpc) is 2.77. The summed E-state index contributed by atoms with van der Waals surface area (Å²) in [6, 6.07) is 6.82. The van der Waals surface area contributed by atoms with Crippen molar-refractivity contribution < 1.29 is 4.39 Å². The molecule has 4 heteroatoms. The zero-order valence-corrected chi connectivity index (χ0v) is 10.6. The van der Waals surface area contributed by atoms with Gasteiger partial charge in [-0.3, -0.25) is 0 Å². The minimum atomic E-state index is -0.393. The second-order valence-corrected chi connectivity index (χ2v) is 4.94. The molecule has 96 valence electrons. The highest BCUT2D eigenvalue weighted by molar-refractivity contribution is 5.34. The Hall–Kier alpha value is -1.44. The Labute approximate surface area is 107 Å². The summed E-state index contributed by atoms with van der Waals surface area (Å²) >= 11 is 0. The van der Waals surface area contributed by atoms with Gasteiger partial charge < -0.3 is 10.2 Å². The van der Waals surface area contributed by atoms with Crippen molar-refractivity contribution in [2.24, 2.45) is 5.92 Å². The molecule has 0 aromatic heterocycles. The van der Waals surface area contributed by atoms with E-state index in [1.807, 2.05) is 6.07 Å². The van der Waals surface area contributed by atoms with Crippen molar-refractivity contribution in [3.05, 3.63) is 35.1 Å². The minimum absolute atomic E-state index is 0.120. The van der Waals surface area contributed by atoms with Crippen LogP contribution < -0.4 is 5.32 Å². The van der Waals surface area contributed by atoms with Gasteiger partial charge in [-0.25, -0.2) is 4.39 Å². The van der Waals surface area contributed by atoms with Crippen LogP contribution in [-0.2, 0) is 6.54 Å². The Morgan fingerprint density at radius 2 is 2.39 bits per heavy atom. The third kappa shape index (κ3) is 3.06. The lowest BCUT2D eigenvalue weighted by molar-refractivity contribution is 0.387. The van der Waals surface area contributed by atoms with Crippen LogP contribution in [0.5, 0.6) is 0 Å². The first-order valence-corrected chi connectivity index (χ1v) is 6.27. The molecule has 3 nitrogen and oxygen atoms in total. The molecule has 18 heavy (non-hydrogen) atoms. The van der Waals surface area contributed by atoms with Crippen molar-refractivity contribution in [2.75, 3.05) is 26.7 Å². The molecule has 0 saturated carbocycles. The molecule has 1 atom stereocenters. The predicted octanol–water partition coefficient (Wildman–Crippen LogP) is 1.74. The normalized spacial score (nSPS) is 19.9. The number of nitriles is 1. The Balaban J connectivity index is 1.85. The molecule has 1 fully saturated rings. The van der Waals surface area contributed by atoms with Gasteiger partial charge in [0.1, 0.15) is 11.9 Å². The number of benzene rings is 1. The smallest absolute Gasteiger partial charge is 0.145 e. The highest BCUT2D eigenvalue weighted by Crippen LogP contribution is 2.14. The van der Waals surface area contributed by atoms with E-state index in [-0.39, 0.29) is 5.56 Å². The Morgan fingerprint density at radius 3 is 3.06 bits per heavy atom. The van der Waals surface area contributed by atoms with Gasteiger partial charge in [-0.2, -0.15) is 5.26 Å². The van der Waals surface area contributed by atoms with Crippen LogP contribution in [0.4, 0.5) is 4.39 Å². The maximum Gasteiger partial charge on any atom is 0.145 e. The van der Waals surface area contributed by atoms with Crippen LogP contribution >= 0.6 is 0 Å². The molecule has 0 spiro atoms. The van der Waals surface area contributed by atoms with E-state index in [0.29, 0.717) is 18.0 Å². The molecular formula is C14H18FN3. The summed E-state index contributed by atoms with van der Waals surface area (Å²) in [7, 11) is 2.12. The van der Waals surface area contributed by atoms with Crippen molar-refractivity contribution in [1.82, 2.24) is 10.2 Å². The van der Waals surface area contributed by atoms with E-state index >= 15 is 0 Å². The second kappa shape index (κ2) is 5.94. The first kappa shape index (κ1) is 13.0. The van der Waals surface area contributed by atoms with E-state index in [2.05, 4.69) is 17.3 Å². The zero-order chi connectivity index (χ0) is 13.0. The fourth-order valence-corrected chi connectivity index (χ4v) is 2.41. The fraction of sp³-hybridized carbons (Fsp3) is 0.500. The number of nitrogens with one attached hydrogen (secondary N) is 1. The molecular weight excluding hydrogens is 229 g/mol. The summed E-state index contributed by atoms with van der Waals surface area (Å²) in [6.45, 7) is 3.64. The van der Waals surface area contributed by atoms with Crippen molar-refractivity contribution in [3.63, 3.8) is 0 Å². The predicted molar refractivity (Wildman–Crippen MR) is 68.4 cm³/mol. The summed E-state index contributed by atoms with van der Waals surface area (Å²) in [5.74, 6) is 0.258. The Morgan fingerprint density at radius 1 is 1.56 bits per heavy atom. The topological polar surface area (TPSA) is 39.1 Å². The molecule has 2 rings (SSSR count). The summed E-state index contributed by atoms with van der Waals surface area (Å²) in [5, 5.41) is 12.0. The van der Waals surface area contributed by atoms with Gasteiger partial charge in [0.15, 0.2) is 0 Å². The number of halogens is 1. The van der Waals surface area contributed by atoms with Crippen molar-refractivity contribution >= 4 is 0 Å². The lowest BCUT2D eigenvalue weighted by Crippen LogP contribution is -2.25. The Kier molecular flexibility index (Phi) is 4.29. The fourth-order valence-electron chi connectivity index (χ4n) is 2.41. The van der Waals surface area contributed by atoms with Gasteiger partial charge in [0.05, 0.1) is 5.56 Å². The SMILES string of the molecule is CN1CCC(CNCc2cccc(C#N)c2F)C1. The number of hydrogen-bond donors (Lipinski definition) is 1. The highest BCUT2D eigenvalue weighted by atomic mass is 19.1. The number of hydrogen-bond acceptors (Lipinski definition) is 3. The largest absolute Gasteiger partial charge is 0.312 e. The van der Waals surface area contributed by atoms with Gasteiger partial charge in [0.25, 0.3) is 0 Å².